The first kappa shape index (κ1) is 15.3. The van der Waals surface area contributed by atoms with Crippen LogP contribution in [0.1, 0.15) is 51.9 Å². The Kier molecular flexibility index (Phi) is 8.33. The normalized spacial score (nSPS) is 19.8. The van der Waals surface area contributed by atoms with Crippen molar-refractivity contribution in [1.82, 2.24) is 4.90 Å². The lowest BCUT2D eigenvalue weighted by atomic mass is 9.93. The molecule has 1 rings (SSSR count). The fourth-order valence-electron chi connectivity index (χ4n) is 2.80. The van der Waals surface area contributed by atoms with E-state index in [2.05, 4.69) is 24.5 Å². The first-order chi connectivity index (χ1) is 8.27. The van der Waals surface area contributed by atoms with Crippen molar-refractivity contribution in [1.29, 1.82) is 0 Å². The maximum absolute atomic E-state index is 9.18. The second-order valence-electron chi connectivity index (χ2n) is 5.46. The van der Waals surface area contributed by atoms with E-state index in [0.29, 0.717) is 6.61 Å². The van der Waals surface area contributed by atoms with Crippen molar-refractivity contribution in [3.05, 3.63) is 0 Å². The highest BCUT2D eigenvalue weighted by atomic mass is 32.1. The van der Waals surface area contributed by atoms with Crippen LogP contribution < -0.4 is 0 Å². The molecule has 3 heteroatoms. The number of nitrogens with zero attached hydrogens (tertiary/aromatic N) is 1. The average Bonchev–Trinajstić information content (AvgIpc) is 2.36. The van der Waals surface area contributed by atoms with Crippen LogP contribution in [-0.4, -0.2) is 41.5 Å². The summed E-state index contributed by atoms with van der Waals surface area (Å²) in [7, 11) is 0. The number of hydrogen-bond donors (Lipinski definition) is 2. The van der Waals surface area contributed by atoms with Gasteiger partial charge in [-0.25, -0.2) is 0 Å². The second kappa shape index (κ2) is 9.23. The highest BCUT2D eigenvalue weighted by molar-refractivity contribution is 7.80. The van der Waals surface area contributed by atoms with Gasteiger partial charge in [0.15, 0.2) is 0 Å². The molecule has 17 heavy (non-hydrogen) atoms. The fourth-order valence-corrected chi connectivity index (χ4v) is 3.24. The molecular formula is C14H29NOS. The summed E-state index contributed by atoms with van der Waals surface area (Å²) < 4.78 is 0. The van der Waals surface area contributed by atoms with Crippen LogP contribution >= 0.6 is 12.6 Å². The molecule has 102 valence electrons. The van der Waals surface area contributed by atoms with Gasteiger partial charge in [0, 0.05) is 12.6 Å². The Morgan fingerprint density at radius 3 is 2.47 bits per heavy atom. The molecule has 1 aliphatic rings. The lowest BCUT2D eigenvalue weighted by Crippen LogP contribution is -2.39. The van der Waals surface area contributed by atoms with Crippen molar-refractivity contribution in [2.45, 2.75) is 57.9 Å². The number of thiol groups is 1. The van der Waals surface area contributed by atoms with Crippen molar-refractivity contribution in [2.24, 2.45) is 5.92 Å². The maximum atomic E-state index is 9.18. The summed E-state index contributed by atoms with van der Waals surface area (Å²) in [6, 6.07) is 0.735. The maximum Gasteiger partial charge on any atom is 0.0558 e. The van der Waals surface area contributed by atoms with E-state index in [-0.39, 0.29) is 0 Å². The molecule has 1 N–H and O–H groups in total. The predicted octanol–water partition coefficient (Wildman–Crippen LogP) is 2.96. The zero-order chi connectivity index (χ0) is 12.5. The van der Waals surface area contributed by atoms with Crippen LogP contribution in [0.2, 0.25) is 0 Å². The van der Waals surface area contributed by atoms with Gasteiger partial charge in [0.25, 0.3) is 0 Å². The smallest absolute Gasteiger partial charge is 0.0558 e. The predicted molar refractivity (Wildman–Crippen MR) is 77.8 cm³/mol. The van der Waals surface area contributed by atoms with Gasteiger partial charge in [-0.05, 0) is 43.9 Å². The average molecular weight is 259 g/mol. The fraction of sp³-hybridized carbons (Fsp3) is 1.00. The first-order valence-electron chi connectivity index (χ1n) is 7.23. The van der Waals surface area contributed by atoms with E-state index in [1.807, 2.05) is 0 Å². The Bertz CT molecular complexity index is 183. The van der Waals surface area contributed by atoms with Gasteiger partial charge < -0.3 is 5.11 Å². The zero-order valence-electron chi connectivity index (χ0n) is 11.3. The van der Waals surface area contributed by atoms with E-state index in [9.17, 15) is 5.11 Å². The Morgan fingerprint density at radius 1 is 1.18 bits per heavy atom. The molecule has 1 fully saturated rings. The number of aliphatic hydroxyl groups excluding tert-OH is 1. The standard InChI is InChI=1S/C14H29NOS/c1-13(8-12-17)7-9-15(10-11-16)14-5-3-2-4-6-14/h13-14,16-17H,2-12H2,1H3. The molecule has 1 saturated carbocycles. The molecular weight excluding hydrogens is 230 g/mol. The molecule has 0 bridgehead atoms. The van der Waals surface area contributed by atoms with Gasteiger partial charge in [-0.15, -0.1) is 0 Å². The monoisotopic (exact) mass is 259 g/mol. The molecule has 0 aromatic heterocycles. The molecule has 0 saturated heterocycles. The van der Waals surface area contributed by atoms with Gasteiger partial charge in [-0.3, -0.25) is 4.90 Å². The van der Waals surface area contributed by atoms with Crippen LogP contribution in [0.5, 0.6) is 0 Å². The molecule has 0 radical (unpaired) electrons. The van der Waals surface area contributed by atoms with Crippen molar-refractivity contribution < 1.29 is 5.11 Å². The molecule has 0 amide bonds. The number of hydrogen-bond acceptors (Lipinski definition) is 3. The van der Waals surface area contributed by atoms with Crippen LogP contribution in [0.25, 0.3) is 0 Å². The SMILES string of the molecule is CC(CCS)CCN(CCO)C1CCCCC1. The molecule has 0 spiro atoms. The third-order valence-corrected chi connectivity index (χ3v) is 4.27. The Balaban J connectivity index is 2.30. The largest absolute Gasteiger partial charge is 0.395 e. The van der Waals surface area contributed by atoms with Crippen molar-refractivity contribution >= 4 is 12.6 Å². The van der Waals surface area contributed by atoms with E-state index in [1.54, 1.807) is 0 Å². The summed E-state index contributed by atoms with van der Waals surface area (Å²) in [6.07, 6.45) is 9.27. The summed E-state index contributed by atoms with van der Waals surface area (Å²) in [5.41, 5.74) is 0. The van der Waals surface area contributed by atoms with Crippen LogP contribution in [0, 0.1) is 5.92 Å². The Labute approximate surface area is 112 Å². The summed E-state index contributed by atoms with van der Waals surface area (Å²) in [4.78, 5) is 2.52. The minimum Gasteiger partial charge on any atom is -0.395 e. The summed E-state index contributed by atoms with van der Waals surface area (Å²) in [6.45, 7) is 4.63. The number of rotatable bonds is 8. The van der Waals surface area contributed by atoms with E-state index in [4.69, 9.17) is 0 Å². The first-order valence-corrected chi connectivity index (χ1v) is 7.87. The van der Waals surface area contributed by atoms with Crippen LogP contribution in [0.15, 0.2) is 0 Å². The topological polar surface area (TPSA) is 23.5 Å². The van der Waals surface area contributed by atoms with Crippen LogP contribution in [-0.2, 0) is 0 Å². The molecule has 1 unspecified atom stereocenters. The van der Waals surface area contributed by atoms with Gasteiger partial charge in [0.2, 0.25) is 0 Å². The van der Waals surface area contributed by atoms with Crippen LogP contribution in [0.3, 0.4) is 0 Å². The van der Waals surface area contributed by atoms with E-state index < -0.39 is 0 Å². The third kappa shape index (κ3) is 6.12. The lowest BCUT2D eigenvalue weighted by molar-refractivity contribution is 0.117. The van der Waals surface area contributed by atoms with Gasteiger partial charge in [0.05, 0.1) is 6.61 Å². The summed E-state index contributed by atoms with van der Waals surface area (Å²) >= 11 is 4.29. The quantitative estimate of drug-likeness (QED) is 0.655. The van der Waals surface area contributed by atoms with Crippen LogP contribution in [0.4, 0.5) is 0 Å². The van der Waals surface area contributed by atoms with E-state index in [0.717, 1.165) is 30.8 Å². The Hall–Kier alpha value is 0.270. The van der Waals surface area contributed by atoms with Crippen molar-refractivity contribution in [3.63, 3.8) is 0 Å². The van der Waals surface area contributed by atoms with Crippen molar-refractivity contribution in [2.75, 3.05) is 25.4 Å². The molecule has 1 atom stereocenters. The van der Waals surface area contributed by atoms with Gasteiger partial charge in [0.1, 0.15) is 0 Å². The van der Waals surface area contributed by atoms with Gasteiger partial charge in [-0.2, -0.15) is 12.6 Å². The summed E-state index contributed by atoms with van der Waals surface area (Å²) in [5.74, 6) is 1.75. The second-order valence-corrected chi connectivity index (χ2v) is 5.90. The molecule has 0 heterocycles. The summed E-state index contributed by atoms with van der Waals surface area (Å²) in [5, 5.41) is 9.18. The molecule has 2 nitrogen and oxygen atoms in total. The zero-order valence-corrected chi connectivity index (χ0v) is 12.2. The minimum absolute atomic E-state index is 0.303. The highest BCUT2D eigenvalue weighted by Gasteiger charge is 2.20. The third-order valence-electron chi connectivity index (χ3n) is 4.01. The molecule has 1 aliphatic carbocycles. The highest BCUT2D eigenvalue weighted by Crippen LogP contribution is 2.23. The van der Waals surface area contributed by atoms with E-state index in [1.165, 1.54) is 44.9 Å². The Morgan fingerprint density at radius 2 is 1.88 bits per heavy atom. The minimum atomic E-state index is 0.303. The molecule has 0 aromatic carbocycles. The lowest BCUT2D eigenvalue weighted by Gasteiger charge is -2.34. The van der Waals surface area contributed by atoms with Gasteiger partial charge >= 0.3 is 0 Å². The van der Waals surface area contributed by atoms with Crippen molar-refractivity contribution in [3.8, 4) is 0 Å². The molecule has 0 aromatic rings. The van der Waals surface area contributed by atoms with E-state index >= 15 is 0 Å². The number of aliphatic hydroxyl groups is 1. The molecule has 0 aliphatic heterocycles. The van der Waals surface area contributed by atoms with Gasteiger partial charge in [-0.1, -0.05) is 26.2 Å².